The number of hydrogen-bond donors (Lipinski definition) is 0. The van der Waals surface area contributed by atoms with Crippen molar-refractivity contribution in [1.29, 1.82) is 0 Å². The molecular formula is C21H27N5. The third kappa shape index (κ3) is 3.06. The number of fused-ring (bicyclic) bond motifs is 1. The summed E-state index contributed by atoms with van der Waals surface area (Å²) in [4.78, 5) is 7.33. The van der Waals surface area contributed by atoms with Gasteiger partial charge in [0.1, 0.15) is 12.2 Å². The Morgan fingerprint density at radius 3 is 2.88 bits per heavy atom. The second-order valence-electron chi connectivity index (χ2n) is 7.48. The molecule has 1 aromatic carbocycles. The fourth-order valence-corrected chi connectivity index (χ4v) is 4.00. The number of aryl methyl sites for hydroxylation is 1. The zero-order valence-corrected chi connectivity index (χ0v) is 15.9. The van der Waals surface area contributed by atoms with Crippen LogP contribution < -0.4 is 4.90 Å². The monoisotopic (exact) mass is 349 g/mol. The number of nitrogens with zero attached hydrogens (tertiary/aromatic N) is 5. The van der Waals surface area contributed by atoms with Crippen molar-refractivity contribution in [2.24, 2.45) is 0 Å². The third-order valence-electron chi connectivity index (χ3n) is 5.39. The Labute approximate surface area is 155 Å². The van der Waals surface area contributed by atoms with Gasteiger partial charge in [-0.15, -0.1) is 10.2 Å². The Morgan fingerprint density at radius 2 is 2.08 bits per heavy atom. The van der Waals surface area contributed by atoms with Crippen LogP contribution in [0.5, 0.6) is 0 Å². The van der Waals surface area contributed by atoms with E-state index in [-0.39, 0.29) is 0 Å². The van der Waals surface area contributed by atoms with Crippen LogP contribution in [0, 0.1) is 0 Å². The Morgan fingerprint density at radius 1 is 1.23 bits per heavy atom. The Bertz CT molecular complexity index is 898. The first-order chi connectivity index (χ1) is 12.7. The second-order valence-corrected chi connectivity index (χ2v) is 7.48. The van der Waals surface area contributed by atoms with E-state index in [1.807, 2.05) is 6.33 Å². The summed E-state index contributed by atoms with van der Waals surface area (Å²) in [5.74, 6) is 1.55. The molecule has 0 amide bonds. The van der Waals surface area contributed by atoms with Gasteiger partial charge in [-0.2, -0.15) is 0 Å². The molecule has 5 nitrogen and oxygen atoms in total. The number of pyridine rings is 1. The Hall–Kier alpha value is -2.43. The summed E-state index contributed by atoms with van der Waals surface area (Å²) in [7, 11) is 0. The molecule has 26 heavy (non-hydrogen) atoms. The highest BCUT2D eigenvalue weighted by Crippen LogP contribution is 2.34. The predicted molar refractivity (Wildman–Crippen MR) is 106 cm³/mol. The van der Waals surface area contributed by atoms with E-state index >= 15 is 0 Å². The van der Waals surface area contributed by atoms with Crippen molar-refractivity contribution >= 4 is 16.6 Å². The molecule has 1 aliphatic heterocycles. The van der Waals surface area contributed by atoms with Gasteiger partial charge in [-0.1, -0.05) is 25.1 Å². The van der Waals surface area contributed by atoms with Crippen LogP contribution in [0.25, 0.3) is 10.9 Å². The van der Waals surface area contributed by atoms with Crippen molar-refractivity contribution in [3.63, 3.8) is 0 Å². The summed E-state index contributed by atoms with van der Waals surface area (Å²) in [6.07, 6.45) is 5.17. The van der Waals surface area contributed by atoms with Crippen LogP contribution in [-0.2, 0) is 6.42 Å². The molecule has 136 valence electrons. The van der Waals surface area contributed by atoms with Gasteiger partial charge in [0.15, 0.2) is 0 Å². The molecule has 4 rings (SSSR count). The van der Waals surface area contributed by atoms with Gasteiger partial charge >= 0.3 is 0 Å². The first-order valence-electron chi connectivity index (χ1n) is 9.70. The smallest absolute Gasteiger partial charge is 0.137 e. The van der Waals surface area contributed by atoms with Gasteiger partial charge in [0.2, 0.25) is 0 Å². The number of anilines is 1. The van der Waals surface area contributed by atoms with E-state index in [1.165, 1.54) is 23.9 Å². The molecule has 0 spiro atoms. The van der Waals surface area contributed by atoms with Gasteiger partial charge in [0.05, 0.1) is 5.52 Å². The molecule has 0 N–H and O–H groups in total. The fraction of sp³-hybridized carbons (Fsp3) is 0.476. The maximum absolute atomic E-state index is 4.80. The highest BCUT2D eigenvalue weighted by molar-refractivity contribution is 5.92. The molecule has 1 saturated heterocycles. The summed E-state index contributed by atoms with van der Waals surface area (Å²) < 4.78 is 2.22. The van der Waals surface area contributed by atoms with Crippen LogP contribution in [0.15, 0.2) is 36.7 Å². The van der Waals surface area contributed by atoms with Gasteiger partial charge in [0, 0.05) is 41.8 Å². The topological polar surface area (TPSA) is 46.8 Å². The highest BCUT2D eigenvalue weighted by Gasteiger charge is 2.27. The van der Waals surface area contributed by atoms with Crippen LogP contribution in [0.4, 0.5) is 5.69 Å². The Balaban J connectivity index is 1.70. The predicted octanol–water partition coefficient (Wildman–Crippen LogP) is 4.35. The Kier molecular flexibility index (Phi) is 4.62. The normalized spacial score (nSPS) is 18.0. The molecule has 3 aromatic rings. The molecule has 1 atom stereocenters. The van der Waals surface area contributed by atoms with Gasteiger partial charge < -0.3 is 9.47 Å². The summed E-state index contributed by atoms with van der Waals surface area (Å²) in [6.45, 7) is 8.63. The molecule has 0 aliphatic carbocycles. The zero-order valence-electron chi connectivity index (χ0n) is 15.9. The van der Waals surface area contributed by atoms with Crippen molar-refractivity contribution in [1.82, 2.24) is 19.7 Å². The minimum atomic E-state index is 0.392. The molecular weight excluding hydrogens is 322 g/mol. The molecule has 0 saturated carbocycles. The van der Waals surface area contributed by atoms with E-state index in [4.69, 9.17) is 4.98 Å². The zero-order chi connectivity index (χ0) is 18.1. The number of benzene rings is 1. The van der Waals surface area contributed by atoms with Crippen molar-refractivity contribution in [3.8, 4) is 0 Å². The highest BCUT2D eigenvalue weighted by atomic mass is 15.3. The minimum Gasteiger partial charge on any atom is -0.370 e. The van der Waals surface area contributed by atoms with Crippen molar-refractivity contribution < 1.29 is 0 Å². The lowest BCUT2D eigenvalue weighted by atomic mass is 9.95. The lowest BCUT2D eigenvalue weighted by molar-refractivity contribution is 0.455. The summed E-state index contributed by atoms with van der Waals surface area (Å²) in [5, 5.41) is 9.88. The standard InChI is InChI=1S/C21H27N5/c1-4-17-12-20(18-9-5-6-10-19(18)23-17)25-11-7-8-16(13-25)21-24-22-14-26(21)15(2)3/h5-6,9-10,12,14-16H,4,7-8,11,13H2,1-3H3. The second kappa shape index (κ2) is 7.06. The van der Waals surface area contributed by atoms with E-state index in [0.717, 1.165) is 36.5 Å². The van der Waals surface area contributed by atoms with Gasteiger partial charge in [0.25, 0.3) is 0 Å². The van der Waals surface area contributed by atoms with E-state index < -0.39 is 0 Å². The molecule has 2 aromatic heterocycles. The lowest BCUT2D eigenvalue weighted by Gasteiger charge is -2.35. The average molecular weight is 349 g/mol. The maximum atomic E-state index is 4.80. The van der Waals surface area contributed by atoms with Gasteiger partial charge in [-0.25, -0.2) is 0 Å². The fourth-order valence-electron chi connectivity index (χ4n) is 4.00. The molecule has 1 fully saturated rings. The molecule has 1 unspecified atom stereocenters. The first-order valence-corrected chi connectivity index (χ1v) is 9.70. The van der Waals surface area contributed by atoms with E-state index in [2.05, 4.69) is 70.8 Å². The number of aromatic nitrogens is 4. The molecule has 0 radical (unpaired) electrons. The molecule has 0 bridgehead atoms. The van der Waals surface area contributed by atoms with E-state index in [1.54, 1.807) is 0 Å². The quantitative estimate of drug-likeness (QED) is 0.702. The van der Waals surface area contributed by atoms with Crippen molar-refractivity contribution in [2.45, 2.75) is 52.0 Å². The molecule has 5 heteroatoms. The number of rotatable bonds is 4. The number of para-hydroxylation sites is 1. The third-order valence-corrected chi connectivity index (χ3v) is 5.39. The van der Waals surface area contributed by atoms with E-state index in [0.29, 0.717) is 12.0 Å². The van der Waals surface area contributed by atoms with Crippen LogP contribution in [-0.4, -0.2) is 32.8 Å². The van der Waals surface area contributed by atoms with Crippen LogP contribution in [0.2, 0.25) is 0 Å². The largest absolute Gasteiger partial charge is 0.370 e. The summed E-state index contributed by atoms with van der Waals surface area (Å²) >= 11 is 0. The molecule has 3 heterocycles. The lowest BCUT2D eigenvalue weighted by Crippen LogP contribution is -2.35. The summed E-state index contributed by atoms with van der Waals surface area (Å²) in [5.41, 5.74) is 3.56. The summed E-state index contributed by atoms with van der Waals surface area (Å²) in [6, 6.07) is 11.2. The van der Waals surface area contributed by atoms with E-state index in [9.17, 15) is 0 Å². The average Bonchev–Trinajstić information content (AvgIpc) is 3.17. The SMILES string of the molecule is CCc1cc(N2CCCC(c3nncn3C(C)C)C2)c2ccccc2n1. The van der Waals surface area contributed by atoms with Crippen molar-refractivity contribution in [3.05, 3.63) is 48.2 Å². The van der Waals surface area contributed by atoms with Crippen LogP contribution >= 0.6 is 0 Å². The first kappa shape index (κ1) is 17.0. The number of hydrogen-bond acceptors (Lipinski definition) is 4. The van der Waals surface area contributed by atoms with Gasteiger partial charge in [-0.05, 0) is 45.2 Å². The van der Waals surface area contributed by atoms with Gasteiger partial charge in [-0.3, -0.25) is 4.98 Å². The van der Waals surface area contributed by atoms with Crippen molar-refractivity contribution in [2.75, 3.05) is 18.0 Å². The maximum Gasteiger partial charge on any atom is 0.137 e. The van der Waals surface area contributed by atoms with Crippen LogP contribution in [0.3, 0.4) is 0 Å². The van der Waals surface area contributed by atoms with Crippen LogP contribution in [0.1, 0.15) is 57.1 Å². The minimum absolute atomic E-state index is 0.392. The molecule has 1 aliphatic rings. The number of piperidine rings is 1.